The average molecular weight is 344 g/mol. The molecular weight excluding hydrogens is 320 g/mol. The second kappa shape index (κ2) is 8.40. The Bertz CT molecular complexity index is 660. The van der Waals surface area contributed by atoms with Crippen LogP contribution in [0.2, 0.25) is 0 Å². The Morgan fingerprint density at radius 2 is 1.96 bits per heavy atom. The number of hydrogen-bond donors (Lipinski definition) is 2. The van der Waals surface area contributed by atoms with E-state index in [2.05, 4.69) is 10.7 Å². The van der Waals surface area contributed by atoms with Crippen LogP contribution in [-0.4, -0.2) is 22.6 Å². The van der Waals surface area contributed by atoms with Crippen LogP contribution in [-0.2, 0) is 13.0 Å². The Balaban J connectivity index is 1.41. The summed E-state index contributed by atoms with van der Waals surface area (Å²) in [4.78, 5) is 15.6. The Hall–Kier alpha value is -1.72. The minimum absolute atomic E-state index is 0.330. The van der Waals surface area contributed by atoms with E-state index in [9.17, 15) is 4.79 Å². The molecule has 5 heteroatoms. The molecule has 1 saturated carbocycles. The number of carboxylic acids is 1. The second-order valence-corrected chi connectivity index (χ2v) is 7.37. The molecule has 24 heavy (non-hydrogen) atoms. The van der Waals surface area contributed by atoms with E-state index < -0.39 is 5.97 Å². The van der Waals surface area contributed by atoms with Gasteiger partial charge >= 0.3 is 5.97 Å². The lowest BCUT2D eigenvalue weighted by molar-refractivity contribution is 0.0697. The molecule has 0 saturated heterocycles. The zero-order valence-electron chi connectivity index (χ0n) is 13.8. The minimum atomic E-state index is -0.882. The predicted octanol–water partition coefficient (Wildman–Crippen LogP) is 4.22. The van der Waals surface area contributed by atoms with E-state index in [4.69, 9.17) is 10.1 Å². The number of aromatic carboxylic acids is 1. The van der Waals surface area contributed by atoms with Gasteiger partial charge in [-0.1, -0.05) is 31.4 Å². The van der Waals surface area contributed by atoms with E-state index in [1.807, 2.05) is 12.1 Å². The summed E-state index contributed by atoms with van der Waals surface area (Å²) in [5, 5.41) is 15.8. The van der Waals surface area contributed by atoms with Gasteiger partial charge in [-0.15, -0.1) is 11.3 Å². The topological polar surface area (TPSA) is 62.2 Å². The van der Waals surface area contributed by atoms with E-state index in [1.165, 1.54) is 42.8 Å². The zero-order valence-corrected chi connectivity index (χ0v) is 14.6. The molecule has 0 unspecified atom stereocenters. The summed E-state index contributed by atoms with van der Waals surface area (Å²) in [7, 11) is 0. The van der Waals surface area contributed by atoms with Crippen LogP contribution < -0.4 is 5.32 Å². The summed E-state index contributed by atoms with van der Waals surface area (Å²) in [5.74, 6) is -0.198. The number of hydrogen-bond acceptors (Lipinski definition) is 4. The fraction of sp³-hybridized carbons (Fsp3) is 0.474. The van der Waals surface area contributed by atoms with Gasteiger partial charge in [0.05, 0.1) is 16.3 Å². The van der Waals surface area contributed by atoms with Gasteiger partial charge in [0.1, 0.15) is 0 Å². The minimum Gasteiger partial charge on any atom is -0.478 e. The van der Waals surface area contributed by atoms with Gasteiger partial charge in [0.15, 0.2) is 0 Å². The molecule has 0 bridgehead atoms. The number of thiazole rings is 1. The predicted molar refractivity (Wildman–Crippen MR) is 96.8 cm³/mol. The molecule has 3 rings (SSSR count). The molecular formula is C19H24N2O2S. The molecule has 0 amide bonds. The quantitative estimate of drug-likeness (QED) is 0.738. The third-order valence-electron chi connectivity index (χ3n) is 4.64. The van der Waals surface area contributed by atoms with Crippen LogP contribution in [0, 0.1) is 0 Å². The van der Waals surface area contributed by atoms with Crippen molar-refractivity contribution in [2.75, 3.05) is 6.54 Å². The summed E-state index contributed by atoms with van der Waals surface area (Å²) in [6.45, 7) is 1.64. The van der Waals surface area contributed by atoms with E-state index in [-0.39, 0.29) is 0 Å². The molecule has 1 heterocycles. The number of nitrogens with one attached hydrogen (secondary N) is 1. The number of benzene rings is 1. The largest absolute Gasteiger partial charge is 0.478 e. The van der Waals surface area contributed by atoms with Gasteiger partial charge in [0.2, 0.25) is 0 Å². The molecule has 128 valence electrons. The highest BCUT2D eigenvalue weighted by Crippen LogP contribution is 2.33. The zero-order chi connectivity index (χ0) is 16.8. The van der Waals surface area contributed by atoms with Crippen LogP contribution >= 0.6 is 11.3 Å². The number of aromatic nitrogens is 1. The highest BCUT2D eigenvalue weighted by molar-refractivity contribution is 7.09. The van der Waals surface area contributed by atoms with Crippen molar-refractivity contribution >= 4 is 17.3 Å². The van der Waals surface area contributed by atoms with Crippen molar-refractivity contribution in [3.05, 3.63) is 51.5 Å². The first kappa shape index (κ1) is 17.1. The lowest BCUT2D eigenvalue weighted by Gasteiger charge is -2.19. The van der Waals surface area contributed by atoms with Gasteiger partial charge in [0.25, 0.3) is 0 Å². The fourth-order valence-electron chi connectivity index (χ4n) is 3.22. The van der Waals surface area contributed by atoms with Crippen molar-refractivity contribution < 1.29 is 9.90 Å². The Kier molecular flexibility index (Phi) is 5.99. The summed E-state index contributed by atoms with van der Waals surface area (Å²) >= 11 is 1.78. The van der Waals surface area contributed by atoms with E-state index in [0.717, 1.165) is 25.1 Å². The first-order chi connectivity index (χ1) is 11.7. The molecule has 1 aliphatic carbocycles. The highest BCUT2D eigenvalue weighted by atomic mass is 32.1. The van der Waals surface area contributed by atoms with Gasteiger partial charge in [-0.25, -0.2) is 9.78 Å². The van der Waals surface area contributed by atoms with Crippen LogP contribution in [0.5, 0.6) is 0 Å². The van der Waals surface area contributed by atoms with Crippen LogP contribution in [0.4, 0.5) is 0 Å². The van der Waals surface area contributed by atoms with Gasteiger partial charge in [0, 0.05) is 30.8 Å². The lowest BCUT2D eigenvalue weighted by Crippen LogP contribution is -2.16. The highest BCUT2D eigenvalue weighted by Gasteiger charge is 2.17. The molecule has 1 aromatic carbocycles. The molecule has 0 aliphatic heterocycles. The van der Waals surface area contributed by atoms with Crippen LogP contribution in [0.15, 0.2) is 29.6 Å². The SMILES string of the molecule is O=C(O)c1ccc(CNCCc2nc(C3CCCCC3)cs2)cc1. The first-order valence-corrected chi connectivity index (χ1v) is 9.57. The number of nitrogens with zero attached hydrogens (tertiary/aromatic N) is 1. The first-order valence-electron chi connectivity index (χ1n) is 8.69. The third kappa shape index (κ3) is 4.65. The number of rotatable bonds is 7. The van der Waals surface area contributed by atoms with Gasteiger partial charge in [-0.05, 0) is 30.5 Å². The van der Waals surface area contributed by atoms with Crippen molar-refractivity contribution in [1.29, 1.82) is 0 Å². The van der Waals surface area contributed by atoms with Crippen LogP contribution in [0.25, 0.3) is 0 Å². The van der Waals surface area contributed by atoms with E-state index in [1.54, 1.807) is 23.5 Å². The maximum atomic E-state index is 10.8. The standard InChI is InChI=1S/C19H24N2O2S/c22-19(23)16-8-6-14(7-9-16)12-20-11-10-18-21-17(13-24-18)15-4-2-1-3-5-15/h6-9,13,15,20H,1-5,10-12H2,(H,22,23). The lowest BCUT2D eigenvalue weighted by atomic mass is 9.87. The summed E-state index contributed by atoms with van der Waals surface area (Å²) < 4.78 is 0. The number of carbonyl (C=O) groups is 1. The Morgan fingerprint density at radius 1 is 1.21 bits per heavy atom. The maximum Gasteiger partial charge on any atom is 0.335 e. The molecule has 2 aromatic rings. The van der Waals surface area contributed by atoms with Crippen molar-refractivity contribution in [2.24, 2.45) is 0 Å². The van der Waals surface area contributed by atoms with Crippen LogP contribution in [0.1, 0.15) is 64.6 Å². The average Bonchev–Trinajstić information content (AvgIpc) is 3.09. The molecule has 1 fully saturated rings. The fourth-order valence-corrected chi connectivity index (χ4v) is 4.10. The molecule has 1 aliphatic rings. The summed E-state index contributed by atoms with van der Waals surface area (Å²) in [6, 6.07) is 7.02. The molecule has 4 nitrogen and oxygen atoms in total. The molecule has 0 radical (unpaired) electrons. The normalized spacial score (nSPS) is 15.5. The third-order valence-corrected chi connectivity index (χ3v) is 5.57. The van der Waals surface area contributed by atoms with Gasteiger partial charge in [-0.2, -0.15) is 0 Å². The summed E-state index contributed by atoms with van der Waals surface area (Å²) in [5.41, 5.74) is 2.73. The molecule has 2 N–H and O–H groups in total. The summed E-state index contributed by atoms with van der Waals surface area (Å²) in [6.07, 6.45) is 7.62. The number of carboxylic acid groups (broad SMARTS) is 1. The second-order valence-electron chi connectivity index (χ2n) is 6.43. The molecule has 0 spiro atoms. The van der Waals surface area contributed by atoms with Gasteiger partial charge in [-0.3, -0.25) is 0 Å². The monoisotopic (exact) mass is 344 g/mol. The van der Waals surface area contributed by atoms with E-state index >= 15 is 0 Å². The van der Waals surface area contributed by atoms with Crippen molar-refractivity contribution in [2.45, 2.75) is 51.0 Å². The Morgan fingerprint density at radius 3 is 2.67 bits per heavy atom. The van der Waals surface area contributed by atoms with Crippen molar-refractivity contribution in [3.8, 4) is 0 Å². The van der Waals surface area contributed by atoms with Crippen molar-refractivity contribution in [1.82, 2.24) is 10.3 Å². The molecule has 0 atom stereocenters. The van der Waals surface area contributed by atoms with Crippen molar-refractivity contribution in [3.63, 3.8) is 0 Å². The van der Waals surface area contributed by atoms with Gasteiger partial charge < -0.3 is 10.4 Å². The Labute approximate surface area is 146 Å². The van der Waals surface area contributed by atoms with E-state index in [0.29, 0.717) is 11.5 Å². The molecule has 1 aromatic heterocycles. The van der Waals surface area contributed by atoms with Crippen LogP contribution in [0.3, 0.4) is 0 Å². The maximum absolute atomic E-state index is 10.8. The smallest absolute Gasteiger partial charge is 0.335 e.